The zero-order valence-electron chi connectivity index (χ0n) is 25.3. The molecule has 0 amide bonds. The van der Waals surface area contributed by atoms with Gasteiger partial charge < -0.3 is 27.9 Å². The number of carbonyl (C=O) groups is 1. The smallest absolute Gasteiger partial charge is 0.303 e. The van der Waals surface area contributed by atoms with Crippen LogP contribution in [0.25, 0.3) is 0 Å². The molecule has 0 radical (unpaired) electrons. The first-order valence-electron chi connectivity index (χ1n) is 15.9. The van der Waals surface area contributed by atoms with Crippen LogP contribution in [-0.4, -0.2) is 69.7 Å². The first-order valence-corrected chi connectivity index (χ1v) is 17.3. The number of phosphoric acid groups is 1. The van der Waals surface area contributed by atoms with Gasteiger partial charge in [0, 0.05) is 38.2 Å². The number of phosphoric ester groups is 1. The summed E-state index contributed by atoms with van der Waals surface area (Å²) in [7, 11) is -2.22. The molecule has 0 aliphatic carbocycles. The third kappa shape index (κ3) is 15.3. The van der Waals surface area contributed by atoms with E-state index in [0.29, 0.717) is 6.61 Å². The largest absolute Gasteiger partial charge is 0.756 e. The molecule has 2 atom stereocenters. The summed E-state index contributed by atoms with van der Waals surface area (Å²) >= 11 is 0. The van der Waals surface area contributed by atoms with Gasteiger partial charge in [0.1, 0.15) is 6.10 Å². The fourth-order valence-electron chi connectivity index (χ4n) is 5.84. The van der Waals surface area contributed by atoms with Gasteiger partial charge in [-0.15, -0.1) is 0 Å². The molecule has 0 spiro atoms. The van der Waals surface area contributed by atoms with E-state index in [2.05, 4.69) is 14.0 Å². The van der Waals surface area contributed by atoms with E-state index in [0.717, 1.165) is 56.2 Å². The van der Waals surface area contributed by atoms with Crippen molar-refractivity contribution in [2.24, 2.45) is 5.41 Å². The number of rotatable bonds is 24. The Bertz CT molecular complexity index is 695. The summed E-state index contributed by atoms with van der Waals surface area (Å²) in [5, 5.41) is 0. The van der Waals surface area contributed by atoms with E-state index in [-0.39, 0.29) is 25.2 Å². The first kappa shape index (κ1) is 34.7. The molecule has 2 unspecified atom stereocenters. The summed E-state index contributed by atoms with van der Waals surface area (Å²) in [5.41, 5.74) is -0.0641. The topological polar surface area (TPSA) is 94.1 Å². The molecule has 3 aliphatic heterocycles. The fraction of sp³-hybridized carbons (Fsp3) is 0.967. The molecule has 9 heteroatoms. The summed E-state index contributed by atoms with van der Waals surface area (Å²) < 4.78 is 34.8. The molecule has 3 fully saturated rings. The number of ether oxygens (including phenoxy) is 2. The maximum atomic E-state index is 12.4. The highest BCUT2D eigenvalue weighted by atomic mass is 31.2. The van der Waals surface area contributed by atoms with Gasteiger partial charge >= 0.3 is 5.97 Å². The molecular weight excluding hydrogens is 517 g/mol. The number of carbonyl (C=O) groups excluding carboxylic acids is 1. The lowest BCUT2D eigenvalue weighted by Gasteiger charge is -2.53. The standard InChI is InChI=1S/C30H58NO7P/c1-4-5-6-7-8-9-10-11-12-13-14-15-16-17-24-35-25-29(38-28(2)32)26-36-39(33,34)37-27-30-18-21-31(3,22-19-30)23-20-30/h29H,4-27H2,1-3H3. The average molecular weight is 576 g/mol. The molecule has 0 N–H and O–H groups in total. The second-order valence-corrected chi connectivity index (χ2v) is 13.9. The van der Waals surface area contributed by atoms with Crippen LogP contribution >= 0.6 is 7.82 Å². The zero-order valence-corrected chi connectivity index (χ0v) is 26.2. The number of hydrogen-bond acceptors (Lipinski definition) is 7. The average Bonchev–Trinajstić information content (AvgIpc) is 2.91. The minimum Gasteiger partial charge on any atom is -0.756 e. The van der Waals surface area contributed by atoms with Gasteiger partial charge in [0.25, 0.3) is 7.82 Å². The zero-order chi connectivity index (χ0) is 28.5. The van der Waals surface area contributed by atoms with Gasteiger partial charge in [-0.25, -0.2) is 0 Å². The molecule has 3 aliphatic rings. The van der Waals surface area contributed by atoms with Crippen LogP contribution in [-0.2, 0) is 27.9 Å². The number of esters is 1. The first-order chi connectivity index (χ1) is 18.7. The van der Waals surface area contributed by atoms with Crippen LogP contribution in [0, 0.1) is 5.41 Å². The third-order valence-electron chi connectivity index (χ3n) is 8.77. The molecule has 39 heavy (non-hydrogen) atoms. The molecular formula is C30H58NO7P. The van der Waals surface area contributed by atoms with Gasteiger partial charge in [-0.3, -0.25) is 9.36 Å². The van der Waals surface area contributed by atoms with Crippen LogP contribution < -0.4 is 4.89 Å². The van der Waals surface area contributed by atoms with Crippen molar-refractivity contribution in [1.29, 1.82) is 0 Å². The molecule has 3 saturated heterocycles. The highest BCUT2D eigenvalue weighted by Crippen LogP contribution is 2.47. The fourth-order valence-corrected chi connectivity index (χ4v) is 6.70. The Morgan fingerprint density at radius 3 is 1.79 bits per heavy atom. The quantitative estimate of drug-likeness (QED) is 0.0558. The molecule has 0 aromatic heterocycles. The van der Waals surface area contributed by atoms with Gasteiger partial charge in [0.15, 0.2) is 0 Å². The Labute approximate surface area is 238 Å². The third-order valence-corrected chi connectivity index (χ3v) is 9.68. The van der Waals surface area contributed by atoms with Crippen LogP contribution in [0.1, 0.15) is 123 Å². The van der Waals surface area contributed by atoms with Crippen LogP contribution in [0.2, 0.25) is 0 Å². The number of hydrogen-bond donors (Lipinski definition) is 0. The highest BCUT2D eigenvalue weighted by molar-refractivity contribution is 7.45. The predicted molar refractivity (Wildman–Crippen MR) is 153 cm³/mol. The number of unbranched alkanes of at least 4 members (excludes halogenated alkanes) is 13. The molecule has 8 nitrogen and oxygen atoms in total. The van der Waals surface area contributed by atoms with Crippen molar-refractivity contribution in [3.63, 3.8) is 0 Å². The molecule has 0 aromatic carbocycles. The van der Waals surface area contributed by atoms with Crippen LogP contribution in [0.3, 0.4) is 0 Å². The van der Waals surface area contributed by atoms with Crippen LogP contribution in [0.4, 0.5) is 0 Å². The van der Waals surface area contributed by atoms with Crippen molar-refractivity contribution in [2.75, 3.05) is 53.1 Å². The molecule has 0 saturated carbocycles. The van der Waals surface area contributed by atoms with Crippen molar-refractivity contribution in [2.45, 2.75) is 129 Å². The summed E-state index contributed by atoms with van der Waals surface area (Å²) in [6.07, 6.45) is 20.3. The maximum absolute atomic E-state index is 12.4. The van der Waals surface area contributed by atoms with Gasteiger partial charge in [-0.2, -0.15) is 0 Å². The monoisotopic (exact) mass is 575 g/mol. The lowest BCUT2D eigenvalue weighted by molar-refractivity contribution is -0.927. The van der Waals surface area contributed by atoms with Crippen molar-refractivity contribution >= 4 is 13.8 Å². The molecule has 2 bridgehead atoms. The number of quaternary nitrogens is 1. The van der Waals surface area contributed by atoms with Crippen LogP contribution in [0.5, 0.6) is 0 Å². The Balaban J connectivity index is 1.49. The van der Waals surface area contributed by atoms with Crippen molar-refractivity contribution in [3.05, 3.63) is 0 Å². The maximum Gasteiger partial charge on any atom is 0.303 e. The molecule has 0 aromatic rings. The van der Waals surface area contributed by atoms with Gasteiger partial charge in [0.05, 0.1) is 46.5 Å². The Morgan fingerprint density at radius 2 is 1.31 bits per heavy atom. The van der Waals surface area contributed by atoms with E-state index in [1.54, 1.807) is 0 Å². The van der Waals surface area contributed by atoms with Gasteiger partial charge in [0.2, 0.25) is 0 Å². The van der Waals surface area contributed by atoms with Gasteiger partial charge in [-0.1, -0.05) is 90.4 Å². The Kier molecular flexibility index (Phi) is 16.8. The van der Waals surface area contributed by atoms with E-state index in [9.17, 15) is 14.3 Å². The minimum atomic E-state index is -4.49. The number of nitrogens with zero attached hydrogens (tertiary/aromatic N) is 1. The lowest BCUT2D eigenvalue weighted by Crippen LogP contribution is -2.60. The van der Waals surface area contributed by atoms with Gasteiger partial charge in [-0.05, 0) is 6.42 Å². The molecule has 3 rings (SSSR count). The Morgan fingerprint density at radius 1 is 0.821 bits per heavy atom. The number of piperidine rings is 3. The van der Waals surface area contributed by atoms with E-state index < -0.39 is 19.9 Å². The predicted octanol–water partition coefficient (Wildman–Crippen LogP) is 6.55. The van der Waals surface area contributed by atoms with E-state index in [1.165, 1.54) is 84.0 Å². The second-order valence-electron chi connectivity index (χ2n) is 12.5. The summed E-state index contributed by atoms with van der Waals surface area (Å²) in [5.74, 6) is -0.491. The number of fused-ring (bicyclic) bond motifs is 3. The second kappa shape index (κ2) is 18.8. The van der Waals surface area contributed by atoms with Crippen molar-refractivity contribution in [1.82, 2.24) is 0 Å². The SMILES string of the molecule is CCCCCCCCCCCCCCCCOCC(COP(=O)([O-])OCC12CC[N+](C)(CC1)CC2)OC(C)=O. The normalized spacial score (nSPS) is 24.9. The summed E-state index contributed by atoms with van der Waals surface area (Å²) in [6.45, 7) is 7.31. The van der Waals surface area contributed by atoms with E-state index >= 15 is 0 Å². The summed E-state index contributed by atoms with van der Waals surface area (Å²) in [4.78, 5) is 23.9. The summed E-state index contributed by atoms with van der Waals surface area (Å²) in [6, 6.07) is 0. The van der Waals surface area contributed by atoms with Crippen molar-refractivity contribution in [3.8, 4) is 0 Å². The van der Waals surface area contributed by atoms with Crippen LogP contribution in [0.15, 0.2) is 0 Å². The van der Waals surface area contributed by atoms with E-state index in [4.69, 9.17) is 18.5 Å². The lowest BCUT2D eigenvalue weighted by atomic mass is 9.71. The van der Waals surface area contributed by atoms with Crippen molar-refractivity contribution < 1.29 is 37.3 Å². The minimum absolute atomic E-state index is 0.0641. The van der Waals surface area contributed by atoms with E-state index in [1.807, 2.05) is 0 Å². The highest BCUT2D eigenvalue weighted by Gasteiger charge is 2.47. The molecule has 230 valence electrons. The molecule has 3 heterocycles. The Hall–Kier alpha value is -0.500.